The highest BCUT2D eigenvalue weighted by atomic mass is 16.4. The molecule has 0 aliphatic rings. The Hall–Kier alpha value is -0.0800. The molecule has 0 amide bonds. The van der Waals surface area contributed by atoms with Gasteiger partial charge in [0.2, 0.25) is 0 Å². The van der Waals surface area contributed by atoms with Crippen molar-refractivity contribution in [2.24, 2.45) is 5.92 Å². The zero-order chi connectivity index (χ0) is 14.1. The van der Waals surface area contributed by atoms with Crippen molar-refractivity contribution in [1.82, 2.24) is 0 Å². The smallest absolute Gasteiger partial charge is 0.0471 e. The molecule has 0 aromatic rings. The van der Waals surface area contributed by atoms with Gasteiger partial charge in [-0.3, -0.25) is 0 Å². The summed E-state index contributed by atoms with van der Waals surface area (Å²) in [6, 6.07) is 0. The Morgan fingerprint density at radius 2 is 1.00 bits per heavy atom. The van der Waals surface area contributed by atoms with E-state index in [1.54, 1.807) is 0 Å². The molecule has 0 spiro atoms. The molecule has 0 unspecified atom stereocenters. The standard InChI is InChI=1S/C16H34.H3NO/c1-4-5-6-7-8-9-10-11-12-13-14-15-16(2)3;1-2/h16H,4-15H2,1-3H3;1H3. The van der Waals surface area contributed by atoms with Crippen LogP contribution in [0.5, 0.6) is 0 Å². The van der Waals surface area contributed by atoms with Crippen LogP contribution in [-0.2, 0) is 0 Å². The summed E-state index contributed by atoms with van der Waals surface area (Å²) in [6.45, 7) is 6.95. The molecule has 3 N–H and O–H groups in total. The Kier molecular flexibility index (Phi) is 21.7. The zero-order valence-corrected chi connectivity index (χ0v) is 13.2. The molecule has 0 heterocycles. The highest BCUT2D eigenvalue weighted by molar-refractivity contribution is 4.50. The topological polar surface area (TPSA) is 50.7 Å². The monoisotopic (exact) mass is 259 g/mol. The molecule has 0 atom stereocenters. The lowest BCUT2D eigenvalue weighted by Crippen LogP contribution is -2.37. The molecule has 0 radical (unpaired) electrons. The molecule has 0 saturated heterocycles. The van der Waals surface area contributed by atoms with E-state index < -0.39 is 0 Å². The normalized spacial score (nSPS) is 10.3. The van der Waals surface area contributed by atoms with Crippen molar-refractivity contribution in [3.63, 3.8) is 0 Å². The molecule has 2 heteroatoms. The Bertz CT molecular complexity index is 126. The van der Waals surface area contributed by atoms with Gasteiger partial charge in [-0.05, 0) is 5.92 Å². The lowest BCUT2D eigenvalue weighted by Gasteiger charge is -2.04. The largest absolute Gasteiger partial charge is 0.637 e. The molecule has 0 bridgehead atoms. The molecule has 0 aromatic carbocycles. The van der Waals surface area contributed by atoms with Crippen LogP contribution in [0.1, 0.15) is 97.8 Å². The van der Waals surface area contributed by atoms with E-state index in [-0.39, 0.29) is 0 Å². The summed E-state index contributed by atoms with van der Waals surface area (Å²) in [4.78, 5) is 0. The van der Waals surface area contributed by atoms with E-state index in [2.05, 4.69) is 20.8 Å². The minimum absolute atomic E-state index is 0.901. The second-order valence-corrected chi connectivity index (χ2v) is 5.72. The van der Waals surface area contributed by atoms with Crippen LogP contribution in [0.4, 0.5) is 0 Å². The van der Waals surface area contributed by atoms with E-state index in [0.29, 0.717) is 0 Å². The summed E-state index contributed by atoms with van der Waals surface area (Å²) in [5, 5.41) is 8.00. The van der Waals surface area contributed by atoms with Gasteiger partial charge in [0.15, 0.2) is 0 Å². The first-order chi connectivity index (χ1) is 8.77. The fraction of sp³-hybridized carbons (Fsp3) is 1.00. The Morgan fingerprint density at radius 3 is 1.33 bits per heavy atom. The van der Waals surface area contributed by atoms with Crippen molar-refractivity contribution >= 4 is 0 Å². The van der Waals surface area contributed by atoms with Crippen molar-refractivity contribution < 1.29 is 5.90 Å². The fourth-order valence-corrected chi connectivity index (χ4v) is 2.22. The van der Waals surface area contributed by atoms with Crippen molar-refractivity contribution in [2.45, 2.75) is 97.8 Å². The van der Waals surface area contributed by atoms with Crippen molar-refractivity contribution in [3.05, 3.63) is 5.21 Å². The zero-order valence-electron chi connectivity index (χ0n) is 13.2. The van der Waals surface area contributed by atoms with Gasteiger partial charge in [-0.25, -0.2) is 0 Å². The minimum Gasteiger partial charge on any atom is -0.637 e. The van der Waals surface area contributed by atoms with Crippen LogP contribution in [-0.4, -0.2) is 0 Å². The summed E-state index contributed by atoms with van der Waals surface area (Å²) >= 11 is 0. The molecule has 0 rings (SSSR count). The number of quaternary nitrogens is 1. The van der Waals surface area contributed by atoms with Crippen molar-refractivity contribution in [2.75, 3.05) is 0 Å². The van der Waals surface area contributed by atoms with Crippen molar-refractivity contribution in [1.29, 1.82) is 0 Å². The molecule has 2 nitrogen and oxygen atoms in total. The van der Waals surface area contributed by atoms with Crippen LogP contribution < -0.4 is 5.90 Å². The molecule has 112 valence electrons. The molecule has 18 heavy (non-hydrogen) atoms. The first-order valence-corrected chi connectivity index (χ1v) is 8.06. The third kappa shape index (κ3) is 21.2. The van der Waals surface area contributed by atoms with E-state index in [0.717, 1.165) is 5.92 Å². The lowest BCUT2D eigenvalue weighted by molar-refractivity contribution is -0.275. The SMILES string of the molecule is CCCCCCCCCCCCCC(C)C.[NH3+][O-]. The Balaban J connectivity index is 0. The number of hydrogen-bond acceptors (Lipinski definition) is 1. The van der Waals surface area contributed by atoms with Gasteiger partial charge in [0.1, 0.15) is 0 Å². The van der Waals surface area contributed by atoms with Crippen LogP contribution in [0.2, 0.25) is 0 Å². The highest BCUT2D eigenvalue weighted by Gasteiger charge is 1.95. The summed E-state index contributed by atoms with van der Waals surface area (Å²) in [7, 11) is 0. The quantitative estimate of drug-likeness (QED) is 0.386. The van der Waals surface area contributed by atoms with Gasteiger partial charge in [0, 0.05) is 0 Å². The predicted molar refractivity (Wildman–Crippen MR) is 82.2 cm³/mol. The average molecular weight is 259 g/mol. The molecule has 0 fully saturated rings. The molecular weight excluding hydrogens is 222 g/mol. The highest BCUT2D eigenvalue weighted by Crippen LogP contribution is 2.13. The Labute approximate surface area is 115 Å². The van der Waals surface area contributed by atoms with Gasteiger partial charge >= 0.3 is 0 Å². The minimum atomic E-state index is 0.901. The maximum absolute atomic E-state index is 8.00. The van der Waals surface area contributed by atoms with Crippen LogP contribution in [0.25, 0.3) is 0 Å². The second-order valence-electron chi connectivity index (χ2n) is 5.72. The summed E-state index contributed by atoms with van der Waals surface area (Å²) in [6.07, 6.45) is 17.5. The van der Waals surface area contributed by atoms with E-state index >= 15 is 0 Å². The Morgan fingerprint density at radius 1 is 0.667 bits per heavy atom. The van der Waals surface area contributed by atoms with Gasteiger partial charge in [-0.1, -0.05) is 97.8 Å². The van der Waals surface area contributed by atoms with E-state index in [1.807, 2.05) is 5.90 Å². The number of hydrogen-bond donors (Lipinski definition) is 1. The molecule has 0 aliphatic heterocycles. The van der Waals surface area contributed by atoms with E-state index in [4.69, 9.17) is 5.21 Å². The van der Waals surface area contributed by atoms with E-state index in [1.165, 1.54) is 77.0 Å². The number of rotatable bonds is 12. The fourth-order valence-electron chi connectivity index (χ4n) is 2.22. The van der Waals surface area contributed by atoms with Crippen LogP contribution in [0.3, 0.4) is 0 Å². The van der Waals surface area contributed by atoms with Gasteiger partial charge in [0.25, 0.3) is 0 Å². The van der Waals surface area contributed by atoms with Gasteiger partial charge < -0.3 is 11.1 Å². The summed E-state index contributed by atoms with van der Waals surface area (Å²) < 4.78 is 0. The van der Waals surface area contributed by atoms with Crippen LogP contribution in [0.15, 0.2) is 0 Å². The van der Waals surface area contributed by atoms with Gasteiger partial charge in [-0.15, -0.1) is 0 Å². The van der Waals surface area contributed by atoms with Gasteiger partial charge in [0.05, 0.1) is 0 Å². The maximum Gasteiger partial charge on any atom is -0.0471 e. The molecular formula is C16H37NO. The van der Waals surface area contributed by atoms with Crippen LogP contribution in [0, 0.1) is 11.1 Å². The third-order valence-electron chi connectivity index (χ3n) is 3.39. The van der Waals surface area contributed by atoms with Crippen molar-refractivity contribution in [3.8, 4) is 0 Å². The maximum atomic E-state index is 8.00. The molecule has 0 saturated carbocycles. The lowest BCUT2D eigenvalue weighted by atomic mass is 10.0. The third-order valence-corrected chi connectivity index (χ3v) is 3.39. The van der Waals surface area contributed by atoms with Crippen LogP contribution >= 0.6 is 0 Å². The summed E-state index contributed by atoms with van der Waals surface area (Å²) in [5.41, 5.74) is 0. The second kappa shape index (κ2) is 19.3. The first-order valence-electron chi connectivity index (χ1n) is 8.06. The summed E-state index contributed by atoms with van der Waals surface area (Å²) in [5.74, 6) is 2.90. The van der Waals surface area contributed by atoms with Gasteiger partial charge in [-0.2, -0.15) is 0 Å². The predicted octanol–water partition coefficient (Wildman–Crippen LogP) is 5.07. The number of unbranched alkanes of at least 4 members (excludes halogenated alkanes) is 10. The first kappa shape index (κ1) is 20.2. The molecule has 0 aliphatic carbocycles. The molecule has 0 aromatic heterocycles. The van der Waals surface area contributed by atoms with E-state index in [9.17, 15) is 0 Å². The average Bonchev–Trinajstić information content (AvgIpc) is 2.38.